The van der Waals surface area contributed by atoms with Crippen molar-refractivity contribution in [3.63, 3.8) is 0 Å². The molecule has 0 aliphatic rings. The monoisotopic (exact) mass is 244 g/mol. The summed E-state index contributed by atoms with van der Waals surface area (Å²) in [5.41, 5.74) is 10.6. The molecule has 0 saturated heterocycles. The number of aryl methyl sites for hydroxylation is 2. The second-order valence-corrected chi connectivity index (χ2v) is 4.79. The molecule has 18 heavy (non-hydrogen) atoms. The van der Waals surface area contributed by atoms with Crippen LogP contribution in [0.2, 0.25) is 0 Å². The van der Waals surface area contributed by atoms with Crippen LogP contribution >= 0.6 is 0 Å². The zero-order valence-electron chi connectivity index (χ0n) is 11.2. The van der Waals surface area contributed by atoms with Gasteiger partial charge in [-0.05, 0) is 31.4 Å². The van der Waals surface area contributed by atoms with E-state index in [2.05, 4.69) is 42.4 Å². The molecule has 2 aromatic rings. The van der Waals surface area contributed by atoms with Gasteiger partial charge >= 0.3 is 0 Å². The first kappa shape index (κ1) is 12.8. The van der Waals surface area contributed by atoms with Crippen molar-refractivity contribution in [1.82, 2.24) is 15.0 Å². The summed E-state index contributed by atoms with van der Waals surface area (Å²) in [6.07, 6.45) is 2.82. The highest BCUT2D eigenvalue weighted by Crippen LogP contribution is 2.14. The lowest BCUT2D eigenvalue weighted by molar-refractivity contribution is 0.642. The molecule has 0 aliphatic carbocycles. The van der Waals surface area contributed by atoms with Crippen LogP contribution in [0.15, 0.2) is 24.4 Å². The fourth-order valence-corrected chi connectivity index (χ4v) is 1.91. The highest BCUT2D eigenvalue weighted by molar-refractivity contribution is 5.30. The van der Waals surface area contributed by atoms with Crippen LogP contribution in [0.1, 0.15) is 41.8 Å². The van der Waals surface area contributed by atoms with Crippen molar-refractivity contribution in [1.29, 1.82) is 0 Å². The molecule has 4 heteroatoms. The van der Waals surface area contributed by atoms with Gasteiger partial charge in [0.15, 0.2) is 0 Å². The van der Waals surface area contributed by atoms with E-state index in [4.69, 9.17) is 5.73 Å². The van der Waals surface area contributed by atoms with Crippen LogP contribution in [0.25, 0.3) is 0 Å². The molecule has 4 nitrogen and oxygen atoms in total. The normalized spacial score (nSPS) is 12.7. The average molecular weight is 244 g/mol. The van der Waals surface area contributed by atoms with E-state index in [0.29, 0.717) is 0 Å². The van der Waals surface area contributed by atoms with Crippen LogP contribution in [-0.2, 0) is 6.54 Å². The standard InChI is InChI=1S/C14H20N4/c1-4-13(15)14-9-18(17-16-14)8-12-7-10(2)5-6-11(12)3/h5-7,9,13H,4,8,15H2,1-3H3. The van der Waals surface area contributed by atoms with Gasteiger partial charge in [0.25, 0.3) is 0 Å². The van der Waals surface area contributed by atoms with Crippen molar-refractivity contribution in [2.24, 2.45) is 5.73 Å². The van der Waals surface area contributed by atoms with Gasteiger partial charge in [-0.25, -0.2) is 4.68 Å². The number of hydrogen-bond donors (Lipinski definition) is 1. The van der Waals surface area contributed by atoms with Gasteiger partial charge in [0, 0.05) is 0 Å². The Balaban J connectivity index is 2.18. The molecule has 0 fully saturated rings. The van der Waals surface area contributed by atoms with Gasteiger partial charge in [-0.15, -0.1) is 5.10 Å². The molecule has 1 heterocycles. The maximum Gasteiger partial charge on any atom is 0.0994 e. The van der Waals surface area contributed by atoms with Gasteiger partial charge in [-0.3, -0.25) is 0 Å². The minimum atomic E-state index is -0.0163. The minimum Gasteiger partial charge on any atom is -0.323 e. The van der Waals surface area contributed by atoms with Crippen LogP contribution in [0, 0.1) is 13.8 Å². The maximum absolute atomic E-state index is 5.94. The molecule has 1 aromatic carbocycles. The Bertz CT molecular complexity index is 530. The molecule has 2 rings (SSSR count). The third-order valence-electron chi connectivity index (χ3n) is 3.21. The summed E-state index contributed by atoms with van der Waals surface area (Å²) in [5.74, 6) is 0. The largest absolute Gasteiger partial charge is 0.323 e. The van der Waals surface area contributed by atoms with E-state index in [1.54, 1.807) is 0 Å². The molecule has 1 unspecified atom stereocenters. The van der Waals surface area contributed by atoms with Crippen LogP contribution in [-0.4, -0.2) is 15.0 Å². The second-order valence-electron chi connectivity index (χ2n) is 4.79. The SMILES string of the molecule is CCC(N)c1cn(Cc2cc(C)ccc2C)nn1. The number of aromatic nitrogens is 3. The Morgan fingerprint density at radius 2 is 2.11 bits per heavy atom. The molecule has 0 amide bonds. The van der Waals surface area contributed by atoms with Crippen LogP contribution in [0.5, 0.6) is 0 Å². The van der Waals surface area contributed by atoms with Crippen LogP contribution < -0.4 is 5.73 Å². The van der Waals surface area contributed by atoms with Gasteiger partial charge in [-0.1, -0.05) is 35.9 Å². The van der Waals surface area contributed by atoms with E-state index in [9.17, 15) is 0 Å². The molecule has 0 spiro atoms. The van der Waals surface area contributed by atoms with E-state index >= 15 is 0 Å². The van der Waals surface area contributed by atoms with E-state index in [1.807, 2.05) is 17.8 Å². The van der Waals surface area contributed by atoms with Gasteiger partial charge < -0.3 is 5.73 Å². The van der Waals surface area contributed by atoms with Crippen molar-refractivity contribution in [3.8, 4) is 0 Å². The Labute approximate surface area is 108 Å². The van der Waals surface area contributed by atoms with E-state index < -0.39 is 0 Å². The first-order valence-corrected chi connectivity index (χ1v) is 6.32. The summed E-state index contributed by atoms with van der Waals surface area (Å²) in [5, 5.41) is 8.26. The van der Waals surface area contributed by atoms with Crippen molar-refractivity contribution in [3.05, 3.63) is 46.8 Å². The molecule has 0 bridgehead atoms. The lowest BCUT2D eigenvalue weighted by atomic mass is 10.1. The summed E-state index contributed by atoms with van der Waals surface area (Å²) in [7, 11) is 0. The molecule has 0 aliphatic heterocycles. The summed E-state index contributed by atoms with van der Waals surface area (Å²) in [6, 6.07) is 6.44. The Morgan fingerprint density at radius 1 is 1.33 bits per heavy atom. The zero-order chi connectivity index (χ0) is 13.1. The van der Waals surface area contributed by atoms with Crippen LogP contribution in [0.4, 0.5) is 0 Å². The van der Waals surface area contributed by atoms with Crippen molar-refractivity contribution < 1.29 is 0 Å². The van der Waals surface area contributed by atoms with Gasteiger partial charge in [0.2, 0.25) is 0 Å². The first-order chi connectivity index (χ1) is 8.60. The maximum atomic E-state index is 5.94. The Hall–Kier alpha value is -1.68. The number of hydrogen-bond acceptors (Lipinski definition) is 3. The first-order valence-electron chi connectivity index (χ1n) is 6.32. The summed E-state index contributed by atoms with van der Waals surface area (Å²) in [6.45, 7) is 7.01. The van der Waals surface area contributed by atoms with Crippen molar-refractivity contribution in [2.75, 3.05) is 0 Å². The predicted molar refractivity (Wildman–Crippen MR) is 72.3 cm³/mol. The predicted octanol–water partition coefficient (Wildman–Crippen LogP) is 2.35. The Kier molecular flexibility index (Phi) is 3.77. The lowest BCUT2D eigenvalue weighted by Gasteiger charge is -2.06. The number of nitrogens with zero attached hydrogens (tertiary/aromatic N) is 3. The molecule has 2 N–H and O–H groups in total. The molecule has 0 radical (unpaired) electrons. The number of benzene rings is 1. The highest BCUT2D eigenvalue weighted by Gasteiger charge is 2.09. The fraction of sp³-hybridized carbons (Fsp3) is 0.429. The molecule has 1 aromatic heterocycles. The molecule has 0 saturated carbocycles. The zero-order valence-corrected chi connectivity index (χ0v) is 11.2. The quantitative estimate of drug-likeness (QED) is 0.898. The van der Waals surface area contributed by atoms with E-state index in [-0.39, 0.29) is 6.04 Å². The molecular formula is C14H20N4. The Morgan fingerprint density at radius 3 is 2.83 bits per heavy atom. The van der Waals surface area contributed by atoms with Gasteiger partial charge in [0.05, 0.1) is 24.5 Å². The summed E-state index contributed by atoms with van der Waals surface area (Å²) in [4.78, 5) is 0. The fourth-order valence-electron chi connectivity index (χ4n) is 1.91. The van der Waals surface area contributed by atoms with Gasteiger partial charge in [-0.2, -0.15) is 0 Å². The minimum absolute atomic E-state index is 0.0163. The number of nitrogens with two attached hydrogens (primary N) is 1. The van der Waals surface area contributed by atoms with Crippen molar-refractivity contribution in [2.45, 2.75) is 39.8 Å². The topological polar surface area (TPSA) is 56.7 Å². The molecule has 96 valence electrons. The third kappa shape index (κ3) is 2.76. The van der Waals surface area contributed by atoms with Crippen molar-refractivity contribution >= 4 is 0 Å². The average Bonchev–Trinajstić information content (AvgIpc) is 2.81. The molecular weight excluding hydrogens is 224 g/mol. The van der Waals surface area contributed by atoms with Gasteiger partial charge in [0.1, 0.15) is 0 Å². The highest BCUT2D eigenvalue weighted by atomic mass is 15.4. The third-order valence-corrected chi connectivity index (χ3v) is 3.21. The van der Waals surface area contributed by atoms with E-state index in [0.717, 1.165) is 18.7 Å². The molecule has 1 atom stereocenters. The number of rotatable bonds is 4. The smallest absolute Gasteiger partial charge is 0.0994 e. The second kappa shape index (κ2) is 5.31. The lowest BCUT2D eigenvalue weighted by Crippen LogP contribution is -2.08. The van der Waals surface area contributed by atoms with Crippen LogP contribution in [0.3, 0.4) is 0 Å². The summed E-state index contributed by atoms with van der Waals surface area (Å²) >= 11 is 0. The summed E-state index contributed by atoms with van der Waals surface area (Å²) < 4.78 is 1.85. The van der Waals surface area contributed by atoms with E-state index in [1.165, 1.54) is 16.7 Å².